The summed E-state index contributed by atoms with van der Waals surface area (Å²) in [5.41, 5.74) is 4.03. The Hall–Kier alpha value is -1.39. The van der Waals surface area contributed by atoms with E-state index in [1.807, 2.05) is 0 Å². The molecule has 2 heterocycles. The summed E-state index contributed by atoms with van der Waals surface area (Å²) in [4.78, 5) is 7.13. The quantitative estimate of drug-likeness (QED) is 0.908. The van der Waals surface area contributed by atoms with Gasteiger partial charge < -0.3 is 10.2 Å². The standard InChI is InChI=1S/C15H19N3S/c1-2-16-9-15-17-13(11-19-15)10-18-8-7-12-5-3-4-6-14(12)18/h3-6,11,16H,2,7-10H2,1H3. The molecule has 0 fully saturated rings. The van der Waals surface area contributed by atoms with Crippen LogP contribution in [0.15, 0.2) is 29.6 Å². The Labute approximate surface area is 118 Å². The highest BCUT2D eigenvalue weighted by atomic mass is 32.1. The van der Waals surface area contributed by atoms with E-state index in [0.29, 0.717) is 0 Å². The van der Waals surface area contributed by atoms with Crippen molar-refractivity contribution in [1.29, 1.82) is 0 Å². The lowest BCUT2D eigenvalue weighted by molar-refractivity contribution is 0.717. The minimum atomic E-state index is 0.887. The van der Waals surface area contributed by atoms with Crippen LogP contribution in [0.5, 0.6) is 0 Å². The molecule has 0 atom stereocenters. The molecule has 0 saturated carbocycles. The fourth-order valence-electron chi connectivity index (χ4n) is 2.50. The Morgan fingerprint density at radius 1 is 1.37 bits per heavy atom. The summed E-state index contributed by atoms with van der Waals surface area (Å²) < 4.78 is 0. The van der Waals surface area contributed by atoms with E-state index in [4.69, 9.17) is 4.98 Å². The second-order valence-corrected chi connectivity index (χ2v) is 5.76. The van der Waals surface area contributed by atoms with Crippen LogP contribution in [0.3, 0.4) is 0 Å². The van der Waals surface area contributed by atoms with Crippen LogP contribution >= 0.6 is 11.3 Å². The molecule has 100 valence electrons. The molecule has 0 bridgehead atoms. The molecular weight excluding hydrogens is 254 g/mol. The Kier molecular flexibility index (Phi) is 3.80. The number of nitrogens with one attached hydrogen (secondary N) is 1. The van der Waals surface area contributed by atoms with Gasteiger partial charge in [-0.3, -0.25) is 0 Å². The van der Waals surface area contributed by atoms with Gasteiger partial charge in [-0.25, -0.2) is 4.98 Å². The van der Waals surface area contributed by atoms with Crippen LogP contribution in [0.1, 0.15) is 23.2 Å². The van der Waals surface area contributed by atoms with Crippen LogP contribution in [0.4, 0.5) is 5.69 Å². The molecule has 0 spiro atoms. The maximum atomic E-state index is 4.70. The van der Waals surface area contributed by atoms with Gasteiger partial charge in [-0.1, -0.05) is 25.1 Å². The first-order valence-corrected chi connectivity index (χ1v) is 7.71. The predicted molar refractivity (Wildman–Crippen MR) is 80.7 cm³/mol. The van der Waals surface area contributed by atoms with Crippen LogP contribution in [0, 0.1) is 0 Å². The van der Waals surface area contributed by atoms with Gasteiger partial charge in [0.15, 0.2) is 0 Å². The summed E-state index contributed by atoms with van der Waals surface area (Å²) in [6.45, 7) is 6.04. The molecule has 2 aromatic rings. The van der Waals surface area contributed by atoms with Crippen LogP contribution in [0.2, 0.25) is 0 Å². The number of anilines is 1. The van der Waals surface area contributed by atoms with Gasteiger partial charge in [-0.2, -0.15) is 0 Å². The lowest BCUT2D eigenvalue weighted by Gasteiger charge is -2.17. The van der Waals surface area contributed by atoms with Crippen molar-refractivity contribution in [2.24, 2.45) is 0 Å². The number of rotatable bonds is 5. The van der Waals surface area contributed by atoms with Crippen molar-refractivity contribution in [3.63, 3.8) is 0 Å². The van der Waals surface area contributed by atoms with Crippen LogP contribution in [0.25, 0.3) is 0 Å². The van der Waals surface area contributed by atoms with E-state index >= 15 is 0 Å². The van der Waals surface area contributed by atoms with Gasteiger partial charge in [0.1, 0.15) is 5.01 Å². The van der Waals surface area contributed by atoms with E-state index in [1.54, 1.807) is 11.3 Å². The fourth-order valence-corrected chi connectivity index (χ4v) is 3.26. The highest BCUT2D eigenvalue weighted by molar-refractivity contribution is 7.09. The highest BCUT2D eigenvalue weighted by Gasteiger charge is 2.19. The fraction of sp³-hybridized carbons (Fsp3) is 0.400. The van der Waals surface area contributed by atoms with Gasteiger partial charge in [0.2, 0.25) is 0 Å². The first-order valence-electron chi connectivity index (χ1n) is 6.83. The van der Waals surface area contributed by atoms with Crippen molar-refractivity contribution in [2.45, 2.75) is 26.4 Å². The van der Waals surface area contributed by atoms with Gasteiger partial charge in [0, 0.05) is 24.2 Å². The zero-order chi connectivity index (χ0) is 13.1. The van der Waals surface area contributed by atoms with Crippen LogP contribution in [-0.2, 0) is 19.5 Å². The average Bonchev–Trinajstić information content (AvgIpc) is 3.05. The van der Waals surface area contributed by atoms with Crippen LogP contribution in [-0.4, -0.2) is 18.1 Å². The molecule has 0 radical (unpaired) electrons. The molecule has 0 amide bonds. The Balaban J connectivity index is 1.68. The number of benzene rings is 1. The number of aromatic nitrogens is 1. The number of fused-ring (bicyclic) bond motifs is 1. The smallest absolute Gasteiger partial charge is 0.107 e. The zero-order valence-electron chi connectivity index (χ0n) is 11.2. The molecule has 1 aromatic heterocycles. The summed E-state index contributed by atoms with van der Waals surface area (Å²) >= 11 is 1.75. The maximum absolute atomic E-state index is 4.70. The SMILES string of the molecule is CCNCc1nc(CN2CCc3ccccc32)cs1. The minimum Gasteiger partial charge on any atom is -0.365 e. The van der Waals surface area contributed by atoms with Gasteiger partial charge in [0.25, 0.3) is 0 Å². The molecule has 3 nitrogen and oxygen atoms in total. The molecular formula is C15H19N3S. The van der Waals surface area contributed by atoms with Gasteiger partial charge in [0.05, 0.1) is 12.2 Å². The van der Waals surface area contributed by atoms with E-state index in [1.165, 1.54) is 22.0 Å². The molecule has 19 heavy (non-hydrogen) atoms. The lowest BCUT2D eigenvalue weighted by atomic mass is 10.2. The minimum absolute atomic E-state index is 0.887. The molecule has 1 aliphatic rings. The van der Waals surface area contributed by atoms with E-state index in [9.17, 15) is 0 Å². The van der Waals surface area contributed by atoms with Gasteiger partial charge in [-0.15, -0.1) is 11.3 Å². The second kappa shape index (κ2) is 5.72. The molecule has 0 saturated heterocycles. The Morgan fingerprint density at radius 2 is 2.26 bits per heavy atom. The van der Waals surface area contributed by atoms with E-state index in [0.717, 1.165) is 32.6 Å². The molecule has 4 heteroatoms. The normalized spacial score (nSPS) is 13.8. The average molecular weight is 273 g/mol. The third kappa shape index (κ3) is 2.80. The number of hydrogen-bond acceptors (Lipinski definition) is 4. The zero-order valence-corrected chi connectivity index (χ0v) is 12.0. The monoisotopic (exact) mass is 273 g/mol. The highest BCUT2D eigenvalue weighted by Crippen LogP contribution is 2.28. The first kappa shape index (κ1) is 12.6. The van der Waals surface area contributed by atoms with E-state index in [-0.39, 0.29) is 0 Å². The van der Waals surface area contributed by atoms with E-state index in [2.05, 4.69) is 46.8 Å². The first-order chi connectivity index (χ1) is 9.36. The third-order valence-corrected chi connectivity index (χ3v) is 4.36. The van der Waals surface area contributed by atoms with Crippen molar-refractivity contribution in [3.8, 4) is 0 Å². The number of hydrogen-bond donors (Lipinski definition) is 1. The molecule has 3 rings (SSSR count). The van der Waals surface area contributed by atoms with Crippen molar-refractivity contribution >= 4 is 17.0 Å². The summed E-state index contributed by atoms with van der Waals surface area (Å²) in [7, 11) is 0. The van der Waals surface area contributed by atoms with E-state index < -0.39 is 0 Å². The molecule has 1 N–H and O–H groups in total. The third-order valence-electron chi connectivity index (χ3n) is 3.46. The van der Waals surface area contributed by atoms with Crippen molar-refractivity contribution in [2.75, 3.05) is 18.0 Å². The number of thiazole rings is 1. The summed E-state index contributed by atoms with van der Waals surface area (Å²) in [5.74, 6) is 0. The topological polar surface area (TPSA) is 28.2 Å². The van der Waals surface area contributed by atoms with Crippen LogP contribution < -0.4 is 10.2 Å². The van der Waals surface area contributed by atoms with Gasteiger partial charge in [-0.05, 0) is 24.6 Å². The largest absolute Gasteiger partial charge is 0.365 e. The Morgan fingerprint density at radius 3 is 3.16 bits per heavy atom. The van der Waals surface area contributed by atoms with Crippen molar-refractivity contribution in [3.05, 3.63) is 45.9 Å². The molecule has 1 aliphatic heterocycles. The second-order valence-electron chi connectivity index (χ2n) is 4.81. The molecule has 1 aromatic carbocycles. The maximum Gasteiger partial charge on any atom is 0.107 e. The molecule has 0 unspecified atom stereocenters. The lowest BCUT2D eigenvalue weighted by Crippen LogP contribution is -2.20. The van der Waals surface area contributed by atoms with Crippen molar-refractivity contribution in [1.82, 2.24) is 10.3 Å². The van der Waals surface area contributed by atoms with Gasteiger partial charge >= 0.3 is 0 Å². The Bertz CT molecular complexity index is 550. The summed E-state index contributed by atoms with van der Waals surface area (Å²) in [6.07, 6.45) is 1.16. The number of para-hydroxylation sites is 1. The summed E-state index contributed by atoms with van der Waals surface area (Å²) in [6, 6.07) is 8.69. The molecule has 0 aliphatic carbocycles. The van der Waals surface area contributed by atoms with Crippen molar-refractivity contribution < 1.29 is 0 Å². The predicted octanol–water partition coefficient (Wildman–Crippen LogP) is 2.82. The summed E-state index contributed by atoms with van der Waals surface area (Å²) in [5, 5.41) is 6.69. The number of nitrogens with zero attached hydrogens (tertiary/aromatic N) is 2.